The molecule has 0 saturated heterocycles. The van der Waals surface area contributed by atoms with Crippen LogP contribution in [0.3, 0.4) is 0 Å². The lowest BCUT2D eigenvalue weighted by molar-refractivity contribution is 0.441. The third-order valence-corrected chi connectivity index (χ3v) is 2.51. The monoisotopic (exact) mass is 204 g/mol. The topological polar surface area (TPSA) is 20.2 Å². The molecule has 0 aliphatic rings. The molecule has 1 nitrogen and oxygen atoms in total. The molecule has 0 spiro atoms. The number of benzene rings is 1. The summed E-state index contributed by atoms with van der Waals surface area (Å²) < 4.78 is 0. The van der Waals surface area contributed by atoms with Gasteiger partial charge in [0, 0.05) is 0 Å². The lowest BCUT2D eigenvalue weighted by Crippen LogP contribution is -2.12. The van der Waals surface area contributed by atoms with Crippen molar-refractivity contribution in [3.05, 3.63) is 41.5 Å². The molecule has 1 aromatic rings. The highest BCUT2D eigenvalue weighted by Gasteiger charge is 2.20. The summed E-state index contributed by atoms with van der Waals surface area (Å²) in [6, 6.07) is 4.08. The van der Waals surface area contributed by atoms with Gasteiger partial charge in [0.2, 0.25) is 0 Å². The van der Waals surface area contributed by atoms with E-state index in [0.717, 1.165) is 17.5 Å². The summed E-state index contributed by atoms with van der Waals surface area (Å²) in [6.07, 6.45) is 2.54. The number of phenolic OH excluding ortho intramolecular Hbond substituents is 1. The van der Waals surface area contributed by atoms with Gasteiger partial charge in [0.05, 0.1) is 0 Å². The van der Waals surface area contributed by atoms with Crippen LogP contribution < -0.4 is 0 Å². The van der Waals surface area contributed by atoms with Crippen molar-refractivity contribution in [3.8, 4) is 5.75 Å². The zero-order chi connectivity index (χ0) is 11.6. The van der Waals surface area contributed by atoms with Crippen molar-refractivity contribution in [2.75, 3.05) is 0 Å². The first kappa shape index (κ1) is 11.8. The minimum absolute atomic E-state index is 0.0218. The average Bonchev–Trinajstić information content (AvgIpc) is 2.09. The predicted molar refractivity (Wildman–Crippen MR) is 65.4 cm³/mol. The molecule has 82 valence electrons. The summed E-state index contributed by atoms with van der Waals surface area (Å²) in [4.78, 5) is 0. The Balaban J connectivity index is 3.34. The van der Waals surface area contributed by atoms with E-state index >= 15 is 0 Å². The maximum Gasteiger partial charge on any atom is 0.122 e. The Hall–Kier alpha value is -1.24. The summed E-state index contributed by atoms with van der Waals surface area (Å²) in [5.41, 5.74) is 3.15. The highest BCUT2D eigenvalue weighted by molar-refractivity contribution is 5.47. The van der Waals surface area contributed by atoms with E-state index in [1.54, 1.807) is 0 Å². The van der Waals surface area contributed by atoms with E-state index < -0.39 is 0 Å². The average molecular weight is 204 g/mol. The largest absolute Gasteiger partial charge is 0.507 e. The van der Waals surface area contributed by atoms with Gasteiger partial charge >= 0.3 is 0 Å². The van der Waals surface area contributed by atoms with Crippen LogP contribution in [0.5, 0.6) is 5.75 Å². The normalized spacial score (nSPS) is 11.5. The summed E-state index contributed by atoms with van der Waals surface area (Å²) >= 11 is 0. The third kappa shape index (κ3) is 2.62. The van der Waals surface area contributed by atoms with Crippen LogP contribution in [0, 0.1) is 6.92 Å². The number of hydrogen-bond acceptors (Lipinski definition) is 1. The molecule has 0 atom stereocenters. The molecular weight excluding hydrogens is 184 g/mol. The van der Waals surface area contributed by atoms with E-state index in [0.29, 0.717) is 5.75 Å². The maximum absolute atomic E-state index is 10.1. The summed E-state index contributed by atoms with van der Waals surface area (Å²) in [5, 5.41) is 10.1. The standard InChI is InChI=1S/C14H20O/c1-6-7-11-8-10(2)9-12(13(11)15)14(3,4)5/h6,8-9,15H,1,7H2,2-5H3. The molecule has 0 aromatic heterocycles. The molecule has 1 N–H and O–H groups in total. The Kier molecular flexibility index (Phi) is 3.23. The highest BCUT2D eigenvalue weighted by Crippen LogP contribution is 2.34. The number of aromatic hydroxyl groups is 1. The smallest absolute Gasteiger partial charge is 0.122 e. The number of rotatable bonds is 2. The molecule has 1 aromatic carbocycles. The van der Waals surface area contributed by atoms with Gasteiger partial charge in [0.1, 0.15) is 5.75 Å². The molecule has 0 amide bonds. The molecular formula is C14H20O. The predicted octanol–water partition coefficient (Wildman–Crippen LogP) is 3.73. The molecule has 0 bridgehead atoms. The summed E-state index contributed by atoms with van der Waals surface area (Å²) in [6.45, 7) is 12.1. The number of phenols is 1. The van der Waals surface area contributed by atoms with E-state index in [2.05, 4.69) is 40.3 Å². The van der Waals surface area contributed by atoms with E-state index in [4.69, 9.17) is 0 Å². The van der Waals surface area contributed by atoms with Gasteiger partial charge in [-0.15, -0.1) is 6.58 Å². The van der Waals surface area contributed by atoms with Gasteiger partial charge in [-0.05, 0) is 29.9 Å². The first-order valence-corrected chi connectivity index (χ1v) is 5.30. The van der Waals surface area contributed by atoms with Crippen LogP contribution in [0.4, 0.5) is 0 Å². The van der Waals surface area contributed by atoms with Crippen molar-refractivity contribution in [2.45, 2.75) is 39.5 Å². The fraction of sp³-hybridized carbons (Fsp3) is 0.429. The van der Waals surface area contributed by atoms with Crippen molar-refractivity contribution in [1.29, 1.82) is 0 Å². The van der Waals surface area contributed by atoms with Gasteiger partial charge in [0.15, 0.2) is 0 Å². The quantitative estimate of drug-likeness (QED) is 0.728. The second kappa shape index (κ2) is 4.09. The van der Waals surface area contributed by atoms with Gasteiger partial charge in [-0.2, -0.15) is 0 Å². The Morgan fingerprint density at radius 1 is 1.33 bits per heavy atom. The van der Waals surface area contributed by atoms with Gasteiger partial charge < -0.3 is 5.11 Å². The molecule has 0 saturated carbocycles. The zero-order valence-corrected chi connectivity index (χ0v) is 10.1. The van der Waals surface area contributed by atoms with E-state index in [1.807, 2.05) is 12.1 Å². The van der Waals surface area contributed by atoms with Gasteiger partial charge in [-0.1, -0.05) is 44.5 Å². The van der Waals surface area contributed by atoms with Crippen LogP contribution >= 0.6 is 0 Å². The maximum atomic E-state index is 10.1. The fourth-order valence-corrected chi connectivity index (χ4v) is 1.74. The van der Waals surface area contributed by atoms with Crippen LogP contribution in [0.15, 0.2) is 24.8 Å². The molecule has 0 unspecified atom stereocenters. The Morgan fingerprint density at radius 2 is 1.93 bits per heavy atom. The van der Waals surface area contributed by atoms with Crippen LogP contribution in [0.1, 0.15) is 37.5 Å². The van der Waals surface area contributed by atoms with Crippen LogP contribution in [-0.2, 0) is 11.8 Å². The van der Waals surface area contributed by atoms with E-state index in [9.17, 15) is 5.11 Å². The molecule has 0 radical (unpaired) electrons. The summed E-state index contributed by atoms with van der Waals surface area (Å²) in [7, 11) is 0. The third-order valence-electron chi connectivity index (χ3n) is 2.51. The second-order valence-electron chi connectivity index (χ2n) is 5.06. The van der Waals surface area contributed by atoms with Gasteiger partial charge in [-0.25, -0.2) is 0 Å². The Bertz CT molecular complexity index is 370. The van der Waals surface area contributed by atoms with Gasteiger partial charge in [0.25, 0.3) is 0 Å². The molecule has 0 fully saturated rings. The lowest BCUT2D eigenvalue weighted by atomic mass is 9.84. The van der Waals surface area contributed by atoms with Crippen molar-refractivity contribution in [1.82, 2.24) is 0 Å². The number of hydrogen-bond donors (Lipinski definition) is 1. The second-order valence-corrected chi connectivity index (χ2v) is 5.06. The van der Waals surface area contributed by atoms with E-state index in [-0.39, 0.29) is 5.41 Å². The fourth-order valence-electron chi connectivity index (χ4n) is 1.74. The van der Waals surface area contributed by atoms with Crippen molar-refractivity contribution < 1.29 is 5.11 Å². The van der Waals surface area contributed by atoms with Crippen LogP contribution in [-0.4, -0.2) is 5.11 Å². The molecule has 15 heavy (non-hydrogen) atoms. The lowest BCUT2D eigenvalue weighted by Gasteiger charge is -2.22. The minimum atomic E-state index is -0.0218. The molecule has 0 heterocycles. The van der Waals surface area contributed by atoms with Crippen molar-refractivity contribution in [2.24, 2.45) is 0 Å². The zero-order valence-electron chi connectivity index (χ0n) is 10.1. The van der Waals surface area contributed by atoms with E-state index in [1.165, 1.54) is 5.56 Å². The summed E-state index contributed by atoms with van der Waals surface area (Å²) in [5.74, 6) is 0.424. The van der Waals surface area contributed by atoms with Crippen LogP contribution in [0.2, 0.25) is 0 Å². The first-order chi connectivity index (χ1) is 6.86. The van der Waals surface area contributed by atoms with Crippen LogP contribution in [0.25, 0.3) is 0 Å². The molecule has 0 aliphatic heterocycles. The number of allylic oxidation sites excluding steroid dienone is 1. The van der Waals surface area contributed by atoms with Gasteiger partial charge in [-0.3, -0.25) is 0 Å². The van der Waals surface area contributed by atoms with Crippen molar-refractivity contribution >= 4 is 0 Å². The Morgan fingerprint density at radius 3 is 2.40 bits per heavy atom. The molecule has 1 heteroatoms. The number of aryl methyl sites for hydroxylation is 1. The minimum Gasteiger partial charge on any atom is -0.507 e. The SMILES string of the molecule is C=CCc1cc(C)cc(C(C)(C)C)c1O. The Labute approximate surface area is 92.5 Å². The highest BCUT2D eigenvalue weighted by atomic mass is 16.3. The molecule has 0 aliphatic carbocycles. The molecule has 1 rings (SSSR count). The van der Waals surface area contributed by atoms with Crippen molar-refractivity contribution in [3.63, 3.8) is 0 Å². The first-order valence-electron chi connectivity index (χ1n) is 5.30.